The van der Waals surface area contributed by atoms with Crippen LogP contribution in [0.3, 0.4) is 0 Å². The Kier molecular flexibility index (Phi) is 4.11. The molecule has 1 aromatic rings. The highest BCUT2D eigenvalue weighted by atomic mass is 19.4. The number of rotatable bonds is 4. The van der Waals surface area contributed by atoms with Crippen LogP contribution >= 0.6 is 0 Å². The smallest absolute Gasteiger partial charge is 0.393 e. The highest BCUT2D eigenvalue weighted by Crippen LogP contribution is 2.23. The molecule has 1 atom stereocenters. The molecule has 0 saturated heterocycles. The van der Waals surface area contributed by atoms with E-state index in [2.05, 4.69) is 0 Å². The fourth-order valence-electron chi connectivity index (χ4n) is 1.47. The molecule has 1 unspecified atom stereocenters. The summed E-state index contributed by atoms with van der Waals surface area (Å²) in [6.07, 6.45) is -5.50. The lowest BCUT2D eigenvalue weighted by Gasteiger charge is -2.13. The van der Waals surface area contributed by atoms with Crippen molar-refractivity contribution in [3.8, 4) is 0 Å². The van der Waals surface area contributed by atoms with Gasteiger partial charge in [-0.3, -0.25) is 4.79 Å². The Morgan fingerprint density at radius 2 is 1.82 bits per heavy atom. The van der Waals surface area contributed by atoms with Crippen molar-refractivity contribution < 1.29 is 23.1 Å². The lowest BCUT2D eigenvalue weighted by Crippen LogP contribution is -2.32. The first-order valence-electron chi connectivity index (χ1n) is 4.91. The third-order valence-corrected chi connectivity index (χ3v) is 2.27. The first-order valence-corrected chi connectivity index (χ1v) is 4.91. The standard InChI is InChI=1S/C11H12F3NO2/c12-11(13,14)6-8-4-2-1-3-7(8)5-9(15)10(16)17/h1-4,9H,5-6,15H2,(H,16,17). The van der Waals surface area contributed by atoms with Gasteiger partial charge in [-0.05, 0) is 17.5 Å². The van der Waals surface area contributed by atoms with E-state index in [4.69, 9.17) is 10.8 Å². The summed E-state index contributed by atoms with van der Waals surface area (Å²) in [4.78, 5) is 10.6. The predicted molar refractivity (Wildman–Crippen MR) is 55.5 cm³/mol. The molecule has 1 rings (SSSR count). The molecule has 0 saturated carbocycles. The average Bonchev–Trinajstić information content (AvgIpc) is 2.18. The van der Waals surface area contributed by atoms with E-state index in [9.17, 15) is 18.0 Å². The quantitative estimate of drug-likeness (QED) is 0.851. The number of carboxylic acid groups (broad SMARTS) is 1. The third kappa shape index (κ3) is 4.44. The molecule has 0 aromatic heterocycles. The van der Waals surface area contributed by atoms with E-state index in [1.165, 1.54) is 18.2 Å². The molecule has 0 aliphatic rings. The molecule has 0 amide bonds. The van der Waals surface area contributed by atoms with Gasteiger partial charge in [0.25, 0.3) is 0 Å². The van der Waals surface area contributed by atoms with Crippen LogP contribution in [0.1, 0.15) is 11.1 Å². The normalized spacial score (nSPS) is 13.4. The minimum Gasteiger partial charge on any atom is -0.480 e. The maximum Gasteiger partial charge on any atom is 0.393 e. The number of nitrogens with two attached hydrogens (primary N) is 1. The Morgan fingerprint density at radius 3 is 2.29 bits per heavy atom. The Morgan fingerprint density at radius 1 is 1.29 bits per heavy atom. The zero-order valence-corrected chi connectivity index (χ0v) is 8.87. The third-order valence-electron chi connectivity index (χ3n) is 2.27. The van der Waals surface area contributed by atoms with E-state index in [1.807, 2.05) is 0 Å². The number of hydrogen-bond acceptors (Lipinski definition) is 2. The van der Waals surface area contributed by atoms with Gasteiger partial charge in [0.05, 0.1) is 6.42 Å². The van der Waals surface area contributed by atoms with Crippen molar-refractivity contribution in [2.24, 2.45) is 5.73 Å². The fraction of sp³-hybridized carbons (Fsp3) is 0.364. The summed E-state index contributed by atoms with van der Waals surface area (Å²) in [6.45, 7) is 0. The lowest BCUT2D eigenvalue weighted by molar-refractivity contribution is -0.138. The van der Waals surface area contributed by atoms with Crippen molar-refractivity contribution in [1.29, 1.82) is 0 Å². The van der Waals surface area contributed by atoms with Gasteiger partial charge in [-0.1, -0.05) is 24.3 Å². The number of benzene rings is 1. The van der Waals surface area contributed by atoms with Crippen LogP contribution in [0.4, 0.5) is 13.2 Å². The number of aliphatic carboxylic acids is 1. The second-order valence-corrected chi connectivity index (χ2v) is 3.71. The summed E-state index contributed by atoms with van der Waals surface area (Å²) in [5, 5.41) is 8.62. The molecule has 0 aliphatic carbocycles. The van der Waals surface area contributed by atoms with Gasteiger partial charge in [-0.2, -0.15) is 13.2 Å². The summed E-state index contributed by atoms with van der Waals surface area (Å²) in [7, 11) is 0. The molecular weight excluding hydrogens is 235 g/mol. The molecule has 3 N–H and O–H groups in total. The van der Waals surface area contributed by atoms with E-state index >= 15 is 0 Å². The molecule has 0 aliphatic heterocycles. The van der Waals surface area contributed by atoms with Crippen LogP contribution in [0.15, 0.2) is 24.3 Å². The maximum absolute atomic E-state index is 12.3. The highest BCUT2D eigenvalue weighted by Gasteiger charge is 2.29. The molecule has 0 heterocycles. The Hall–Kier alpha value is -1.56. The van der Waals surface area contributed by atoms with Crippen LogP contribution in [0, 0.1) is 0 Å². The predicted octanol–water partition coefficient (Wildman–Crippen LogP) is 1.75. The van der Waals surface area contributed by atoms with Gasteiger partial charge in [0.2, 0.25) is 0 Å². The molecule has 3 nitrogen and oxygen atoms in total. The zero-order valence-electron chi connectivity index (χ0n) is 8.87. The molecule has 94 valence electrons. The number of carboxylic acids is 1. The minimum atomic E-state index is -4.32. The zero-order chi connectivity index (χ0) is 13.1. The maximum atomic E-state index is 12.3. The van der Waals surface area contributed by atoms with E-state index in [1.54, 1.807) is 6.07 Å². The van der Waals surface area contributed by atoms with Crippen molar-refractivity contribution in [3.63, 3.8) is 0 Å². The van der Waals surface area contributed by atoms with Crippen LogP contribution in [-0.4, -0.2) is 23.3 Å². The van der Waals surface area contributed by atoms with Crippen LogP contribution in [0.25, 0.3) is 0 Å². The Bertz CT molecular complexity index is 404. The molecule has 0 radical (unpaired) electrons. The largest absolute Gasteiger partial charge is 0.480 e. The molecule has 17 heavy (non-hydrogen) atoms. The van der Waals surface area contributed by atoms with Crippen LogP contribution < -0.4 is 5.73 Å². The van der Waals surface area contributed by atoms with Crippen molar-refractivity contribution in [2.45, 2.75) is 25.1 Å². The van der Waals surface area contributed by atoms with Gasteiger partial charge in [-0.25, -0.2) is 0 Å². The summed E-state index contributed by atoms with van der Waals surface area (Å²) in [5.41, 5.74) is 5.69. The van der Waals surface area contributed by atoms with E-state index in [0.717, 1.165) is 0 Å². The van der Waals surface area contributed by atoms with Gasteiger partial charge in [0.1, 0.15) is 6.04 Å². The van der Waals surface area contributed by atoms with E-state index in [-0.39, 0.29) is 12.0 Å². The molecule has 1 aromatic carbocycles. The van der Waals surface area contributed by atoms with Gasteiger partial charge in [-0.15, -0.1) is 0 Å². The summed E-state index contributed by atoms with van der Waals surface area (Å²) < 4.78 is 36.8. The van der Waals surface area contributed by atoms with Crippen molar-refractivity contribution in [1.82, 2.24) is 0 Å². The van der Waals surface area contributed by atoms with Gasteiger partial charge in [0, 0.05) is 0 Å². The monoisotopic (exact) mass is 247 g/mol. The van der Waals surface area contributed by atoms with Crippen LogP contribution in [0.2, 0.25) is 0 Å². The van der Waals surface area contributed by atoms with Crippen molar-refractivity contribution >= 4 is 5.97 Å². The topological polar surface area (TPSA) is 63.3 Å². The number of hydrogen-bond donors (Lipinski definition) is 2. The molecule has 6 heteroatoms. The SMILES string of the molecule is NC(Cc1ccccc1CC(F)(F)F)C(=O)O. The second-order valence-electron chi connectivity index (χ2n) is 3.71. The highest BCUT2D eigenvalue weighted by molar-refractivity contribution is 5.73. The first-order chi connectivity index (χ1) is 7.79. The fourth-order valence-corrected chi connectivity index (χ4v) is 1.47. The summed E-state index contributed by atoms with van der Waals surface area (Å²) in [5.74, 6) is -1.23. The summed E-state index contributed by atoms with van der Waals surface area (Å²) >= 11 is 0. The van der Waals surface area contributed by atoms with Crippen molar-refractivity contribution in [3.05, 3.63) is 35.4 Å². The molecule has 0 bridgehead atoms. The average molecular weight is 247 g/mol. The summed E-state index contributed by atoms with van der Waals surface area (Å²) in [6, 6.07) is 4.64. The Labute approximate surface area is 96.0 Å². The molecule has 0 spiro atoms. The van der Waals surface area contributed by atoms with E-state index < -0.39 is 24.6 Å². The lowest BCUT2D eigenvalue weighted by atomic mass is 9.98. The van der Waals surface area contributed by atoms with Crippen LogP contribution in [-0.2, 0) is 17.6 Å². The molecular formula is C11H12F3NO2. The first kappa shape index (κ1) is 13.5. The van der Waals surface area contributed by atoms with E-state index in [0.29, 0.717) is 5.56 Å². The number of halogens is 3. The van der Waals surface area contributed by atoms with Gasteiger partial charge >= 0.3 is 12.1 Å². The van der Waals surface area contributed by atoms with Crippen molar-refractivity contribution in [2.75, 3.05) is 0 Å². The van der Waals surface area contributed by atoms with Crippen LogP contribution in [0.5, 0.6) is 0 Å². The minimum absolute atomic E-state index is 0.0664. The second kappa shape index (κ2) is 5.18. The number of carbonyl (C=O) groups is 1. The van der Waals surface area contributed by atoms with Gasteiger partial charge < -0.3 is 10.8 Å². The number of alkyl halides is 3. The Balaban J connectivity index is 2.88. The van der Waals surface area contributed by atoms with Gasteiger partial charge in [0.15, 0.2) is 0 Å². The molecule has 0 fully saturated rings.